The molecule has 2 heterocycles. The Bertz CT molecular complexity index is 1360. The molecule has 0 saturated heterocycles. The van der Waals surface area contributed by atoms with E-state index in [0.717, 1.165) is 24.3 Å². The van der Waals surface area contributed by atoms with Gasteiger partial charge in [-0.3, -0.25) is 0 Å². The summed E-state index contributed by atoms with van der Waals surface area (Å²) in [4.78, 5) is 20.9. The number of benzene rings is 2. The minimum atomic E-state index is -4.43. The summed E-state index contributed by atoms with van der Waals surface area (Å²) in [6.07, 6.45) is -8.86. The first-order valence-electron chi connectivity index (χ1n) is 9.89. The number of anilines is 2. The Morgan fingerprint density at radius 3 is 1.13 bits per heavy atom. The summed E-state index contributed by atoms with van der Waals surface area (Å²) < 4.78 is 81.9. The first-order chi connectivity index (χ1) is 17.6. The van der Waals surface area contributed by atoms with Crippen molar-refractivity contribution in [1.82, 2.24) is 8.75 Å². The quantitative estimate of drug-likeness (QED) is 0.262. The SMILES string of the molecule is Nc1c(-c2ccc(C(F)(F)F)cc2)nsc1C(=O)[O-].Nc1c(-c2ccc(C(F)(F)F)cc2)nsc1C(=O)[O-].[Ca+2]. The van der Waals surface area contributed by atoms with Gasteiger partial charge in [-0.2, -0.15) is 35.1 Å². The number of aromatic carboxylic acids is 2. The third-order valence-electron chi connectivity index (χ3n) is 4.80. The van der Waals surface area contributed by atoms with E-state index in [9.17, 15) is 46.1 Å². The number of carbonyl (C=O) groups excluding carboxylic acids is 2. The second-order valence-electron chi connectivity index (χ2n) is 7.27. The number of halogens is 6. The van der Waals surface area contributed by atoms with Gasteiger partial charge < -0.3 is 31.3 Å². The summed E-state index contributed by atoms with van der Waals surface area (Å²) in [5, 5.41) is 21.4. The molecule has 0 aliphatic rings. The second kappa shape index (κ2) is 12.5. The number of carboxylic acids is 2. The summed E-state index contributed by atoms with van der Waals surface area (Å²) in [6.45, 7) is 0. The van der Waals surface area contributed by atoms with Gasteiger partial charge in [0.25, 0.3) is 0 Å². The van der Waals surface area contributed by atoms with E-state index in [1.807, 2.05) is 0 Å². The summed E-state index contributed by atoms with van der Waals surface area (Å²) >= 11 is 1.26. The van der Waals surface area contributed by atoms with Crippen LogP contribution in [0.1, 0.15) is 30.5 Å². The fourth-order valence-electron chi connectivity index (χ4n) is 2.94. The Morgan fingerprint density at radius 1 is 0.641 bits per heavy atom. The van der Waals surface area contributed by atoms with E-state index in [1.165, 1.54) is 24.3 Å². The Morgan fingerprint density at radius 2 is 0.923 bits per heavy atom. The number of rotatable bonds is 4. The molecule has 0 spiro atoms. The molecule has 4 rings (SSSR count). The molecule has 0 atom stereocenters. The maximum atomic E-state index is 12.4. The predicted molar refractivity (Wildman–Crippen MR) is 128 cm³/mol. The molecule has 0 radical (unpaired) electrons. The monoisotopic (exact) mass is 614 g/mol. The van der Waals surface area contributed by atoms with Crippen LogP contribution in [0.3, 0.4) is 0 Å². The van der Waals surface area contributed by atoms with E-state index >= 15 is 0 Å². The summed E-state index contributed by atoms with van der Waals surface area (Å²) in [5.74, 6) is -2.93. The van der Waals surface area contributed by atoms with Crippen LogP contribution >= 0.6 is 23.1 Å². The van der Waals surface area contributed by atoms with Crippen LogP contribution in [0.25, 0.3) is 22.5 Å². The molecule has 39 heavy (non-hydrogen) atoms. The largest absolute Gasteiger partial charge is 2.00 e. The molecular weight excluding hydrogens is 602 g/mol. The Hall–Kier alpha value is -2.92. The zero-order valence-electron chi connectivity index (χ0n) is 19.1. The number of nitrogens with two attached hydrogens (primary N) is 2. The van der Waals surface area contributed by atoms with Crippen LogP contribution in [0.15, 0.2) is 48.5 Å². The van der Waals surface area contributed by atoms with Gasteiger partial charge >= 0.3 is 50.1 Å². The number of carboxylic acid groups (broad SMARTS) is 2. The van der Waals surface area contributed by atoms with Gasteiger partial charge in [0, 0.05) is 11.1 Å². The van der Waals surface area contributed by atoms with Crippen LogP contribution in [0.4, 0.5) is 37.7 Å². The molecule has 0 unspecified atom stereocenters. The van der Waals surface area contributed by atoms with E-state index in [-0.39, 0.29) is 70.3 Å². The number of hydrogen-bond acceptors (Lipinski definition) is 10. The fraction of sp³-hybridized carbons (Fsp3) is 0.0909. The Labute approximate surface area is 253 Å². The fourth-order valence-corrected chi connectivity index (χ4v) is 4.25. The van der Waals surface area contributed by atoms with Crippen molar-refractivity contribution in [3.8, 4) is 22.5 Å². The second-order valence-corrected chi connectivity index (χ2v) is 8.82. The number of hydrogen-bond donors (Lipinski definition) is 2. The molecule has 4 N–H and O–H groups in total. The molecule has 0 amide bonds. The van der Waals surface area contributed by atoms with Gasteiger partial charge in [-0.05, 0) is 47.3 Å². The third kappa shape index (κ3) is 7.60. The first kappa shape index (κ1) is 32.3. The molecule has 4 aromatic rings. The molecule has 0 aliphatic carbocycles. The molecule has 0 bridgehead atoms. The summed E-state index contributed by atoms with van der Waals surface area (Å²) in [6, 6.07) is 8.28. The van der Waals surface area contributed by atoms with Crippen molar-refractivity contribution in [2.75, 3.05) is 11.5 Å². The molecule has 17 heteroatoms. The minimum Gasteiger partial charge on any atom is -0.544 e. The number of aromatic nitrogens is 2. The third-order valence-corrected chi connectivity index (χ3v) is 6.48. The van der Waals surface area contributed by atoms with Gasteiger partial charge in [-0.15, -0.1) is 0 Å². The molecule has 0 fully saturated rings. The van der Waals surface area contributed by atoms with Crippen LogP contribution < -0.4 is 21.7 Å². The van der Waals surface area contributed by atoms with E-state index in [4.69, 9.17) is 11.5 Å². The topological polar surface area (TPSA) is 158 Å². The van der Waals surface area contributed by atoms with E-state index in [0.29, 0.717) is 34.2 Å². The normalized spacial score (nSPS) is 11.2. The van der Waals surface area contributed by atoms with E-state index in [2.05, 4.69) is 8.75 Å². The molecule has 2 aromatic heterocycles. The van der Waals surface area contributed by atoms with Crippen LogP contribution in [0.2, 0.25) is 0 Å². The van der Waals surface area contributed by atoms with Crippen LogP contribution in [0, 0.1) is 0 Å². The van der Waals surface area contributed by atoms with E-state index in [1.54, 1.807) is 0 Å². The van der Waals surface area contributed by atoms with Crippen molar-refractivity contribution in [2.24, 2.45) is 0 Å². The van der Waals surface area contributed by atoms with Crippen LogP contribution in [-0.4, -0.2) is 58.4 Å². The molecule has 2 aromatic carbocycles. The van der Waals surface area contributed by atoms with Crippen molar-refractivity contribution >= 4 is 84.1 Å². The smallest absolute Gasteiger partial charge is 0.544 e. The van der Waals surface area contributed by atoms with Crippen LogP contribution in [0.5, 0.6) is 0 Å². The van der Waals surface area contributed by atoms with Crippen molar-refractivity contribution in [3.63, 3.8) is 0 Å². The molecule has 0 saturated carbocycles. The predicted octanol–water partition coefficient (Wildman–Crippen LogP) is 3.17. The number of alkyl halides is 6. The molecule has 0 aliphatic heterocycles. The number of nitrogen functional groups attached to an aromatic ring is 2. The van der Waals surface area contributed by atoms with Gasteiger partial charge in [-0.25, -0.2) is 0 Å². The average molecular weight is 615 g/mol. The van der Waals surface area contributed by atoms with Crippen molar-refractivity contribution in [2.45, 2.75) is 12.4 Å². The Kier molecular flexibility index (Phi) is 10.4. The van der Waals surface area contributed by atoms with Crippen molar-refractivity contribution < 1.29 is 46.1 Å². The van der Waals surface area contributed by atoms with Crippen molar-refractivity contribution in [3.05, 3.63) is 69.4 Å². The first-order valence-corrected chi connectivity index (χ1v) is 11.4. The van der Waals surface area contributed by atoms with Gasteiger partial charge in [-0.1, -0.05) is 24.3 Å². The minimum absolute atomic E-state index is 0. The van der Waals surface area contributed by atoms with Crippen molar-refractivity contribution in [1.29, 1.82) is 0 Å². The zero-order chi connectivity index (χ0) is 28.4. The average Bonchev–Trinajstić information content (AvgIpc) is 3.41. The van der Waals surface area contributed by atoms with Gasteiger partial charge in [0.1, 0.15) is 11.4 Å². The van der Waals surface area contributed by atoms with Crippen LogP contribution in [-0.2, 0) is 12.4 Å². The maximum Gasteiger partial charge on any atom is 2.00 e. The number of nitrogens with zero attached hydrogens (tertiary/aromatic N) is 2. The molecule has 8 nitrogen and oxygen atoms in total. The standard InChI is InChI=1S/2C11H7F3N2O2S.Ca/c2*12-11(13,14)6-3-1-5(2-4-6)8-7(15)9(10(17)18)19-16-8;/h2*1-4H,15H2,(H,17,18);/q;;+2/p-2. The van der Waals surface area contributed by atoms with Gasteiger partial charge in [0.15, 0.2) is 0 Å². The Balaban J connectivity index is 0.000000267. The van der Waals surface area contributed by atoms with E-state index < -0.39 is 35.4 Å². The summed E-state index contributed by atoms with van der Waals surface area (Å²) in [7, 11) is 0. The van der Waals surface area contributed by atoms with Gasteiger partial charge in [0.05, 0.1) is 44.2 Å². The number of carbonyl (C=O) groups is 2. The zero-order valence-corrected chi connectivity index (χ0v) is 22.9. The molecule has 200 valence electrons. The van der Waals surface area contributed by atoms with Gasteiger partial charge in [0.2, 0.25) is 0 Å². The summed E-state index contributed by atoms with van der Waals surface area (Å²) in [5.41, 5.74) is 10.2. The molecular formula is C22H12CaF6N4O4S2. The maximum absolute atomic E-state index is 12.4.